The normalized spacial score (nSPS) is 13.0. The second-order valence-electron chi connectivity index (χ2n) is 4.87. The minimum atomic E-state index is 0.271. The van der Waals surface area contributed by atoms with Crippen molar-refractivity contribution in [3.8, 4) is 0 Å². The molecule has 0 fully saturated rings. The van der Waals surface area contributed by atoms with Gasteiger partial charge in [-0.15, -0.1) is 11.3 Å². The lowest BCUT2D eigenvalue weighted by Crippen LogP contribution is -2.16. The summed E-state index contributed by atoms with van der Waals surface area (Å²) in [7, 11) is 0. The maximum atomic E-state index is 5.41. The smallest absolute Gasteiger partial charge is 0.139 e. The lowest BCUT2D eigenvalue weighted by Gasteiger charge is -2.22. The number of fused-ring (bicyclic) bond motifs is 1. The highest BCUT2D eigenvalue weighted by molar-refractivity contribution is 7.10. The Morgan fingerprint density at radius 2 is 2.16 bits per heavy atom. The second-order valence-corrected chi connectivity index (χ2v) is 5.85. The highest BCUT2D eigenvalue weighted by Crippen LogP contribution is 2.31. The Kier molecular flexibility index (Phi) is 3.25. The van der Waals surface area contributed by atoms with Gasteiger partial charge >= 0.3 is 0 Å². The molecule has 0 saturated carbocycles. The summed E-state index contributed by atoms with van der Waals surface area (Å²) in [6.07, 6.45) is 3.48. The van der Waals surface area contributed by atoms with E-state index in [-0.39, 0.29) is 6.04 Å². The summed E-state index contributed by atoms with van der Waals surface area (Å²) < 4.78 is 5.41. The van der Waals surface area contributed by atoms with Crippen molar-refractivity contribution >= 4 is 28.1 Å². The van der Waals surface area contributed by atoms with Gasteiger partial charge in [-0.1, -0.05) is 19.9 Å². The van der Waals surface area contributed by atoms with E-state index in [0.717, 1.165) is 16.8 Å². The van der Waals surface area contributed by atoms with E-state index in [1.54, 1.807) is 23.8 Å². The average molecular weight is 272 g/mol. The number of thiophene rings is 1. The zero-order chi connectivity index (χ0) is 13.2. The minimum Gasteiger partial charge on any atom is -0.464 e. The van der Waals surface area contributed by atoms with Crippen LogP contribution in [0.3, 0.4) is 0 Å². The first-order valence-electron chi connectivity index (χ1n) is 6.38. The van der Waals surface area contributed by atoms with Crippen LogP contribution in [0.1, 0.15) is 24.8 Å². The van der Waals surface area contributed by atoms with Crippen LogP contribution in [-0.4, -0.2) is 4.98 Å². The SMILES string of the molecule is CC(C)C(Nc1nccc2occc12)c1cccs1. The zero-order valence-electron chi connectivity index (χ0n) is 11.0. The van der Waals surface area contributed by atoms with Crippen molar-refractivity contribution in [2.75, 3.05) is 5.32 Å². The zero-order valence-corrected chi connectivity index (χ0v) is 11.8. The molecule has 19 heavy (non-hydrogen) atoms. The quantitative estimate of drug-likeness (QED) is 0.748. The van der Waals surface area contributed by atoms with Crippen molar-refractivity contribution in [1.82, 2.24) is 4.98 Å². The van der Waals surface area contributed by atoms with Crippen molar-refractivity contribution in [3.05, 3.63) is 47.0 Å². The summed E-state index contributed by atoms with van der Waals surface area (Å²) in [5, 5.41) is 6.69. The first-order valence-corrected chi connectivity index (χ1v) is 7.26. The molecule has 4 heteroatoms. The largest absolute Gasteiger partial charge is 0.464 e. The highest BCUT2D eigenvalue weighted by atomic mass is 32.1. The van der Waals surface area contributed by atoms with Gasteiger partial charge in [-0.05, 0) is 29.5 Å². The van der Waals surface area contributed by atoms with Gasteiger partial charge < -0.3 is 9.73 Å². The fourth-order valence-corrected chi connectivity index (χ4v) is 3.14. The van der Waals surface area contributed by atoms with Gasteiger partial charge in [0, 0.05) is 11.1 Å². The Morgan fingerprint density at radius 1 is 1.26 bits per heavy atom. The summed E-state index contributed by atoms with van der Waals surface area (Å²) in [6, 6.07) is 8.36. The second kappa shape index (κ2) is 5.05. The van der Waals surface area contributed by atoms with Crippen LogP contribution >= 0.6 is 11.3 Å². The van der Waals surface area contributed by atoms with E-state index in [9.17, 15) is 0 Å². The number of hydrogen-bond acceptors (Lipinski definition) is 4. The fraction of sp³-hybridized carbons (Fsp3) is 0.267. The summed E-state index contributed by atoms with van der Waals surface area (Å²) in [4.78, 5) is 5.78. The molecule has 1 N–H and O–H groups in total. The molecule has 3 aromatic heterocycles. The molecule has 0 amide bonds. The van der Waals surface area contributed by atoms with Crippen molar-refractivity contribution in [2.45, 2.75) is 19.9 Å². The van der Waals surface area contributed by atoms with Gasteiger partial charge in [0.05, 0.1) is 17.7 Å². The van der Waals surface area contributed by atoms with Crippen LogP contribution in [-0.2, 0) is 0 Å². The molecule has 0 spiro atoms. The molecule has 3 nitrogen and oxygen atoms in total. The fourth-order valence-electron chi connectivity index (χ4n) is 2.19. The number of anilines is 1. The molecule has 98 valence electrons. The number of furan rings is 1. The van der Waals surface area contributed by atoms with Crippen LogP contribution in [0.25, 0.3) is 11.0 Å². The number of pyridine rings is 1. The monoisotopic (exact) mass is 272 g/mol. The Morgan fingerprint density at radius 3 is 2.89 bits per heavy atom. The number of aromatic nitrogens is 1. The Balaban J connectivity index is 1.96. The van der Waals surface area contributed by atoms with Crippen molar-refractivity contribution < 1.29 is 4.42 Å². The third kappa shape index (κ3) is 2.36. The van der Waals surface area contributed by atoms with Crippen LogP contribution in [0.2, 0.25) is 0 Å². The molecular weight excluding hydrogens is 256 g/mol. The molecule has 3 heterocycles. The average Bonchev–Trinajstić information content (AvgIpc) is 3.06. The van der Waals surface area contributed by atoms with Crippen molar-refractivity contribution in [1.29, 1.82) is 0 Å². The summed E-state index contributed by atoms with van der Waals surface area (Å²) in [5.41, 5.74) is 0.867. The van der Waals surface area contributed by atoms with Crippen LogP contribution in [0.15, 0.2) is 46.5 Å². The van der Waals surface area contributed by atoms with Crippen molar-refractivity contribution in [3.63, 3.8) is 0 Å². The molecule has 3 aromatic rings. The van der Waals surface area contributed by atoms with Gasteiger partial charge in [-0.2, -0.15) is 0 Å². The van der Waals surface area contributed by atoms with Crippen LogP contribution in [0.5, 0.6) is 0 Å². The Bertz CT molecular complexity index is 658. The lowest BCUT2D eigenvalue weighted by molar-refractivity contribution is 0.552. The van der Waals surface area contributed by atoms with Gasteiger partial charge in [-0.3, -0.25) is 0 Å². The van der Waals surface area contributed by atoms with Crippen LogP contribution in [0.4, 0.5) is 5.82 Å². The van der Waals surface area contributed by atoms with Crippen LogP contribution < -0.4 is 5.32 Å². The molecule has 3 rings (SSSR count). The van der Waals surface area contributed by atoms with E-state index in [1.807, 2.05) is 12.1 Å². The Hall–Kier alpha value is -1.81. The van der Waals surface area contributed by atoms with E-state index in [0.29, 0.717) is 5.92 Å². The van der Waals surface area contributed by atoms with E-state index in [1.165, 1.54) is 4.88 Å². The molecule has 1 unspecified atom stereocenters. The summed E-state index contributed by atoms with van der Waals surface area (Å²) >= 11 is 1.77. The standard InChI is InChI=1S/C15H16N2OS/c1-10(2)14(13-4-3-9-19-13)17-15-11-6-8-18-12(11)5-7-16-15/h3-10,14H,1-2H3,(H,16,17). The predicted octanol–water partition coefficient (Wildman–Crippen LogP) is 4.70. The minimum absolute atomic E-state index is 0.271. The molecule has 0 aromatic carbocycles. The molecule has 0 aliphatic rings. The molecule has 0 radical (unpaired) electrons. The van der Waals surface area contributed by atoms with Gasteiger partial charge in [0.15, 0.2) is 0 Å². The molecule has 0 aliphatic carbocycles. The van der Waals surface area contributed by atoms with E-state index in [4.69, 9.17) is 4.42 Å². The number of nitrogens with zero attached hydrogens (tertiary/aromatic N) is 1. The number of nitrogens with one attached hydrogen (secondary N) is 1. The summed E-state index contributed by atoms with van der Waals surface area (Å²) in [6.45, 7) is 4.43. The predicted molar refractivity (Wildman–Crippen MR) is 79.5 cm³/mol. The topological polar surface area (TPSA) is 38.1 Å². The third-order valence-corrected chi connectivity index (χ3v) is 4.14. The van der Waals surface area contributed by atoms with Gasteiger partial charge in [0.2, 0.25) is 0 Å². The van der Waals surface area contributed by atoms with Gasteiger partial charge in [-0.25, -0.2) is 4.98 Å². The lowest BCUT2D eigenvalue weighted by atomic mass is 10.0. The van der Waals surface area contributed by atoms with Crippen LogP contribution in [0, 0.1) is 5.92 Å². The molecule has 0 saturated heterocycles. The molecule has 1 atom stereocenters. The maximum absolute atomic E-state index is 5.41. The first kappa shape index (κ1) is 12.2. The maximum Gasteiger partial charge on any atom is 0.139 e. The molecule has 0 bridgehead atoms. The van der Waals surface area contributed by atoms with E-state index >= 15 is 0 Å². The summed E-state index contributed by atoms with van der Waals surface area (Å²) in [5.74, 6) is 1.38. The number of rotatable bonds is 4. The third-order valence-electron chi connectivity index (χ3n) is 3.19. The Labute approximate surface area is 116 Å². The van der Waals surface area contributed by atoms with Gasteiger partial charge in [0.25, 0.3) is 0 Å². The molecule has 0 aliphatic heterocycles. The molecular formula is C15H16N2OS. The number of hydrogen-bond donors (Lipinski definition) is 1. The van der Waals surface area contributed by atoms with Crippen molar-refractivity contribution in [2.24, 2.45) is 5.92 Å². The first-order chi connectivity index (χ1) is 9.25. The van der Waals surface area contributed by atoms with Gasteiger partial charge in [0.1, 0.15) is 11.4 Å². The van der Waals surface area contributed by atoms with E-state index in [2.05, 4.69) is 41.7 Å². The highest BCUT2D eigenvalue weighted by Gasteiger charge is 2.18. The van der Waals surface area contributed by atoms with E-state index < -0.39 is 0 Å².